The first kappa shape index (κ1) is 16.8. The van der Waals surface area contributed by atoms with Crippen molar-refractivity contribution >= 4 is 17.2 Å². The van der Waals surface area contributed by atoms with Crippen molar-refractivity contribution in [3.05, 3.63) is 65.5 Å². The summed E-state index contributed by atoms with van der Waals surface area (Å²) < 4.78 is 5.87. The average molecular weight is 334 g/mol. The van der Waals surface area contributed by atoms with Crippen LogP contribution in [-0.4, -0.2) is 9.97 Å². The molecule has 1 heterocycles. The monoisotopic (exact) mass is 334 g/mol. The van der Waals surface area contributed by atoms with E-state index in [1.54, 1.807) is 0 Å². The van der Waals surface area contributed by atoms with Crippen LogP contribution in [0.5, 0.6) is 11.6 Å². The molecule has 0 aliphatic rings. The van der Waals surface area contributed by atoms with E-state index >= 15 is 0 Å². The van der Waals surface area contributed by atoms with Crippen LogP contribution in [0.2, 0.25) is 0 Å². The van der Waals surface area contributed by atoms with Crippen LogP contribution in [0, 0.1) is 13.8 Å². The van der Waals surface area contributed by atoms with E-state index in [-0.39, 0.29) is 0 Å². The molecule has 0 bridgehead atoms. The van der Waals surface area contributed by atoms with Crippen LogP contribution in [0.15, 0.2) is 48.8 Å². The van der Waals surface area contributed by atoms with Crippen molar-refractivity contribution in [1.82, 2.24) is 9.97 Å². The second-order valence-electron chi connectivity index (χ2n) is 6.04. The van der Waals surface area contributed by atoms with Crippen LogP contribution in [0.25, 0.3) is 0 Å². The van der Waals surface area contributed by atoms with Gasteiger partial charge < -0.3 is 15.8 Å². The summed E-state index contributed by atoms with van der Waals surface area (Å²) in [7, 11) is 0. The van der Waals surface area contributed by atoms with Crippen LogP contribution in [-0.2, 0) is 6.42 Å². The molecule has 0 aliphatic carbocycles. The third-order valence-electron chi connectivity index (χ3n) is 3.88. The number of rotatable bonds is 5. The first-order valence-electron chi connectivity index (χ1n) is 8.27. The number of nitrogens with one attached hydrogen (secondary N) is 1. The van der Waals surface area contributed by atoms with E-state index in [4.69, 9.17) is 10.5 Å². The molecule has 128 valence electrons. The Kier molecular flexibility index (Phi) is 4.84. The molecule has 0 radical (unpaired) electrons. The fraction of sp³-hybridized carbons (Fsp3) is 0.200. The summed E-state index contributed by atoms with van der Waals surface area (Å²) in [5, 5.41) is 3.22. The Labute approximate surface area is 147 Å². The molecule has 0 saturated heterocycles. The second-order valence-corrected chi connectivity index (χ2v) is 6.04. The molecule has 0 spiro atoms. The number of nitrogen functional groups attached to an aromatic ring is 1. The van der Waals surface area contributed by atoms with Crippen molar-refractivity contribution < 1.29 is 4.74 Å². The molecule has 5 nitrogen and oxygen atoms in total. The van der Waals surface area contributed by atoms with Gasteiger partial charge >= 0.3 is 0 Å². The number of nitrogens with two attached hydrogens (primary N) is 1. The molecular weight excluding hydrogens is 312 g/mol. The normalized spacial score (nSPS) is 10.5. The zero-order valence-corrected chi connectivity index (χ0v) is 14.7. The van der Waals surface area contributed by atoms with E-state index in [0.29, 0.717) is 23.1 Å². The van der Waals surface area contributed by atoms with Gasteiger partial charge in [-0.1, -0.05) is 25.1 Å². The molecule has 0 atom stereocenters. The highest BCUT2D eigenvalue weighted by atomic mass is 16.5. The van der Waals surface area contributed by atoms with E-state index < -0.39 is 0 Å². The van der Waals surface area contributed by atoms with Gasteiger partial charge in [0.15, 0.2) is 5.82 Å². The number of anilines is 3. The van der Waals surface area contributed by atoms with Crippen molar-refractivity contribution in [2.24, 2.45) is 0 Å². The van der Waals surface area contributed by atoms with Gasteiger partial charge in [-0.25, -0.2) is 4.98 Å². The standard InChI is InChI=1S/C20H22N4O/c1-4-15-5-7-16(8-6-15)24-19-18(21)20(23-12-22-19)25-17-10-13(2)9-14(3)11-17/h5-12H,4,21H2,1-3H3,(H,22,23,24). The fourth-order valence-electron chi connectivity index (χ4n) is 2.62. The van der Waals surface area contributed by atoms with Crippen LogP contribution in [0.3, 0.4) is 0 Å². The SMILES string of the molecule is CCc1ccc(Nc2ncnc(Oc3cc(C)cc(C)c3)c2N)cc1. The summed E-state index contributed by atoms with van der Waals surface area (Å²) in [6, 6.07) is 14.1. The summed E-state index contributed by atoms with van der Waals surface area (Å²) in [6.07, 6.45) is 2.45. The largest absolute Gasteiger partial charge is 0.437 e. The van der Waals surface area contributed by atoms with E-state index in [1.165, 1.54) is 11.9 Å². The van der Waals surface area contributed by atoms with Crippen molar-refractivity contribution in [3.63, 3.8) is 0 Å². The van der Waals surface area contributed by atoms with Crippen LogP contribution in [0.4, 0.5) is 17.2 Å². The van der Waals surface area contributed by atoms with Gasteiger partial charge in [0.2, 0.25) is 5.88 Å². The molecule has 3 N–H and O–H groups in total. The number of hydrogen-bond donors (Lipinski definition) is 2. The van der Waals surface area contributed by atoms with E-state index in [9.17, 15) is 0 Å². The molecule has 1 aromatic heterocycles. The molecule has 0 amide bonds. The number of benzene rings is 2. The maximum absolute atomic E-state index is 6.20. The van der Waals surface area contributed by atoms with Gasteiger partial charge in [-0.05, 0) is 61.2 Å². The Bertz CT molecular complexity index is 855. The third kappa shape index (κ3) is 4.07. The van der Waals surface area contributed by atoms with Gasteiger partial charge in [0.1, 0.15) is 17.8 Å². The number of aromatic nitrogens is 2. The third-order valence-corrected chi connectivity index (χ3v) is 3.88. The highest BCUT2D eigenvalue weighted by Crippen LogP contribution is 2.31. The molecular formula is C20H22N4O. The van der Waals surface area contributed by atoms with Gasteiger partial charge in [-0.2, -0.15) is 4.98 Å². The van der Waals surface area contributed by atoms with Crippen LogP contribution >= 0.6 is 0 Å². The van der Waals surface area contributed by atoms with Crippen molar-refractivity contribution in [2.75, 3.05) is 11.1 Å². The molecule has 0 saturated carbocycles. The fourth-order valence-corrected chi connectivity index (χ4v) is 2.62. The number of hydrogen-bond acceptors (Lipinski definition) is 5. The quantitative estimate of drug-likeness (QED) is 0.703. The van der Waals surface area contributed by atoms with E-state index in [0.717, 1.165) is 23.2 Å². The molecule has 5 heteroatoms. The molecule has 0 aliphatic heterocycles. The Balaban J connectivity index is 1.83. The maximum atomic E-state index is 6.20. The zero-order chi connectivity index (χ0) is 17.8. The second kappa shape index (κ2) is 7.21. The average Bonchev–Trinajstić information content (AvgIpc) is 2.58. The minimum absolute atomic E-state index is 0.340. The van der Waals surface area contributed by atoms with Gasteiger partial charge in [-0.15, -0.1) is 0 Å². The molecule has 3 aromatic rings. The van der Waals surface area contributed by atoms with Gasteiger partial charge in [0.25, 0.3) is 0 Å². The Morgan fingerprint density at radius 3 is 2.32 bits per heavy atom. The van der Waals surface area contributed by atoms with Gasteiger partial charge in [-0.3, -0.25) is 0 Å². The summed E-state index contributed by atoms with van der Waals surface area (Å²) in [5.74, 6) is 1.58. The lowest BCUT2D eigenvalue weighted by atomic mass is 10.1. The summed E-state index contributed by atoms with van der Waals surface area (Å²) >= 11 is 0. The maximum Gasteiger partial charge on any atom is 0.248 e. The first-order valence-corrected chi connectivity index (χ1v) is 8.27. The van der Waals surface area contributed by atoms with E-state index in [2.05, 4.69) is 40.4 Å². The number of nitrogens with zero attached hydrogens (tertiary/aromatic N) is 2. The number of ether oxygens (including phenoxy) is 1. The zero-order valence-electron chi connectivity index (χ0n) is 14.7. The predicted molar refractivity (Wildman–Crippen MR) is 102 cm³/mol. The Morgan fingerprint density at radius 2 is 1.68 bits per heavy atom. The minimum Gasteiger partial charge on any atom is -0.437 e. The van der Waals surface area contributed by atoms with Gasteiger partial charge in [0.05, 0.1) is 0 Å². The summed E-state index contributed by atoms with van der Waals surface area (Å²) in [4.78, 5) is 8.39. The minimum atomic E-state index is 0.340. The highest BCUT2D eigenvalue weighted by Gasteiger charge is 2.11. The van der Waals surface area contributed by atoms with E-state index in [1.807, 2.05) is 38.1 Å². The summed E-state index contributed by atoms with van der Waals surface area (Å²) in [5.41, 5.74) is 11.0. The van der Waals surface area contributed by atoms with Crippen molar-refractivity contribution in [2.45, 2.75) is 27.2 Å². The molecule has 0 unspecified atom stereocenters. The van der Waals surface area contributed by atoms with Crippen LogP contribution < -0.4 is 15.8 Å². The molecule has 3 rings (SSSR count). The first-order chi connectivity index (χ1) is 12.0. The molecule has 0 fully saturated rings. The van der Waals surface area contributed by atoms with Crippen molar-refractivity contribution in [3.8, 4) is 11.6 Å². The Hall–Kier alpha value is -3.08. The van der Waals surface area contributed by atoms with Crippen LogP contribution in [0.1, 0.15) is 23.6 Å². The molecule has 25 heavy (non-hydrogen) atoms. The highest BCUT2D eigenvalue weighted by molar-refractivity contribution is 5.72. The lowest BCUT2D eigenvalue weighted by molar-refractivity contribution is 0.464. The lowest BCUT2D eigenvalue weighted by Gasteiger charge is -2.12. The Morgan fingerprint density at radius 1 is 1.00 bits per heavy atom. The molecule has 2 aromatic carbocycles. The van der Waals surface area contributed by atoms with Gasteiger partial charge in [0, 0.05) is 5.69 Å². The topological polar surface area (TPSA) is 73.1 Å². The lowest BCUT2D eigenvalue weighted by Crippen LogP contribution is -2.03. The summed E-state index contributed by atoms with van der Waals surface area (Å²) in [6.45, 7) is 6.17. The number of aryl methyl sites for hydroxylation is 3. The predicted octanol–water partition coefficient (Wildman–Crippen LogP) is 4.77. The smallest absolute Gasteiger partial charge is 0.248 e. The van der Waals surface area contributed by atoms with Crippen molar-refractivity contribution in [1.29, 1.82) is 0 Å².